The van der Waals surface area contributed by atoms with Gasteiger partial charge in [-0.3, -0.25) is 9.36 Å². The second-order valence-corrected chi connectivity index (χ2v) is 7.50. The molecule has 5 nitrogen and oxygen atoms in total. The fraction of sp³-hybridized carbons (Fsp3) is 0.0455. The predicted octanol–water partition coefficient (Wildman–Crippen LogP) is 4.50. The molecule has 5 aromatic rings. The van der Waals surface area contributed by atoms with Gasteiger partial charge in [-0.1, -0.05) is 30.3 Å². The van der Waals surface area contributed by atoms with Crippen molar-refractivity contribution in [3.8, 4) is 16.8 Å². The van der Waals surface area contributed by atoms with Gasteiger partial charge in [0.2, 0.25) is 0 Å². The van der Waals surface area contributed by atoms with Crippen LogP contribution >= 0.6 is 11.3 Å². The van der Waals surface area contributed by atoms with Crippen molar-refractivity contribution in [3.63, 3.8) is 0 Å². The van der Waals surface area contributed by atoms with Crippen LogP contribution in [0.5, 0.6) is 0 Å². The number of rotatable bonds is 4. The van der Waals surface area contributed by atoms with Crippen LogP contribution in [-0.4, -0.2) is 19.3 Å². The first-order valence-electron chi connectivity index (χ1n) is 9.00. The molecule has 0 spiro atoms. The van der Waals surface area contributed by atoms with E-state index >= 15 is 0 Å². The van der Waals surface area contributed by atoms with E-state index in [0.717, 1.165) is 22.4 Å². The minimum absolute atomic E-state index is 0.122. The van der Waals surface area contributed by atoms with Crippen molar-refractivity contribution in [2.24, 2.45) is 0 Å². The van der Waals surface area contributed by atoms with E-state index in [0.29, 0.717) is 16.8 Å². The summed E-state index contributed by atoms with van der Waals surface area (Å²) >= 11 is 1.41. The van der Waals surface area contributed by atoms with Gasteiger partial charge in [-0.05, 0) is 29.8 Å². The first-order valence-corrected chi connectivity index (χ1v) is 9.88. The molecule has 3 heterocycles. The minimum Gasteiger partial charge on any atom is -0.294 e. The molecule has 0 aliphatic carbocycles. The van der Waals surface area contributed by atoms with Gasteiger partial charge in [-0.15, -0.1) is 11.3 Å². The largest absolute Gasteiger partial charge is 0.294 e. The zero-order valence-electron chi connectivity index (χ0n) is 15.2. The van der Waals surface area contributed by atoms with Crippen molar-refractivity contribution in [1.29, 1.82) is 0 Å². The molecular formula is C22H15FN4OS. The second-order valence-electron chi connectivity index (χ2n) is 6.64. The van der Waals surface area contributed by atoms with Gasteiger partial charge in [-0.2, -0.15) is 5.10 Å². The summed E-state index contributed by atoms with van der Waals surface area (Å²) in [6, 6.07) is 15.9. The highest BCUT2D eigenvalue weighted by Crippen LogP contribution is 2.30. The normalized spacial score (nSPS) is 11.2. The van der Waals surface area contributed by atoms with E-state index in [1.807, 2.05) is 41.9 Å². The van der Waals surface area contributed by atoms with Gasteiger partial charge in [0.15, 0.2) is 0 Å². The van der Waals surface area contributed by atoms with Crippen LogP contribution in [0.15, 0.2) is 83.5 Å². The summed E-state index contributed by atoms with van der Waals surface area (Å²) < 4.78 is 16.6. The number of fused-ring (bicyclic) bond motifs is 1. The SMILES string of the molecule is O=c1c2c(-c3ccc(F)cc3)csc2ncn1Cc1cnn(-c2ccccc2)c1. The highest BCUT2D eigenvalue weighted by molar-refractivity contribution is 7.17. The Hall–Kier alpha value is -3.58. The summed E-state index contributed by atoms with van der Waals surface area (Å²) in [7, 11) is 0. The Labute approximate surface area is 169 Å². The van der Waals surface area contributed by atoms with Crippen LogP contribution in [0.3, 0.4) is 0 Å². The molecule has 7 heteroatoms. The summed E-state index contributed by atoms with van der Waals surface area (Å²) in [6.45, 7) is 0.368. The summed E-state index contributed by atoms with van der Waals surface area (Å²) in [5.41, 5.74) is 3.30. The number of thiophene rings is 1. The Morgan fingerprint density at radius 3 is 2.62 bits per heavy atom. The van der Waals surface area contributed by atoms with E-state index in [9.17, 15) is 9.18 Å². The van der Waals surface area contributed by atoms with E-state index in [1.165, 1.54) is 23.5 Å². The molecule has 142 valence electrons. The van der Waals surface area contributed by atoms with Crippen molar-refractivity contribution >= 4 is 21.6 Å². The van der Waals surface area contributed by atoms with Gasteiger partial charge in [-0.25, -0.2) is 14.1 Å². The van der Waals surface area contributed by atoms with E-state index in [4.69, 9.17) is 0 Å². The zero-order valence-corrected chi connectivity index (χ0v) is 16.0. The van der Waals surface area contributed by atoms with Crippen LogP contribution in [-0.2, 0) is 6.54 Å². The van der Waals surface area contributed by atoms with Crippen molar-refractivity contribution in [2.45, 2.75) is 6.54 Å². The van der Waals surface area contributed by atoms with Crippen LogP contribution in [0.1, 0.15) is 5.56 Å². The van der Waals surface area contributed by atoms with Crippen LogP contribution in [0.2, 0.25) is 0 Å². The summed E-state index contributed by atoms with van der Waals surface area (Å²) in [4.78, 5) is 18.3. The number of hydrogen-bond donors (Lipinski definition) is 0. The van der Waals surface area contributed by atoms with Crippen LogP contribution < -0.4 is 5.56 Å². The van der Waals surface area contributed by atoms with Crippen LogP contribution in [0, 0.1) is 5.82 Å². The molecule has 0 unspecified atom stereocenters. The molecular weight excluding hydrogens is 387 g/mol. The third-order valence-corrected chi connectivity index (χ3v) is 5.61. The lowest BCUT2D eigenvalue weighted by atomic mass is 10.1. The van der Waals surface area contributed by atoms with E-state index in [1.54, 1.807) is 33.9 Å². The molecule has 0 saturated carbocycles. The predicted molar refractivity (Wildman–Crippen MR) is 112 cm³/mol. The minimum atomic E-state index is -0.306. The first-order chi connectivity index (χ1) is 14.2. The topological polar surface area (TPSA) is 52.7 Å². The second kappa shape index (κ2) is 7.10. The van der Waals surface area contributed by atoms with Crippen molar-refractivity contribution in [1.82, 2.24) is 19.3 Å². The van der Waals surface area contributed by atoms with Gasteiger partial charge in [0.25, 0.3) is 5.56 Å². The van der Waals surface area contributed by atoms with Crippen molar-refractivity contribution < 1.29 is 4.39 Å². The number of benzene rings is 2. The maximum absolute atomic E-state index is 13.3. The van der Waals surface area contributed by atoms with E-state index in [2.05, 4.69) is 10.1 Å². The Balaban J connectivity index is 1.52. The number of para-hydroxylation sites is 1. The van der Waals surface area contributed by atoms with Crippen molar-refractivity contribution in [2.75, 3.05) is 0 Å². The maximum Gasteiger partial charge on any atom is 0.263 e. The lowest BCUT2D eigenvalue weighted by molar-refractivity contribution is 0.628. The molecule has 2 aromatic carbocycles. The highest BCUT2D eigenvalue weighted by atomic mass is 32.1. The standard InChI is InChI=1S/C22H15FN4OS/c23-17-8-6-16(7-9-17)19-13-29-21-20(19)22(28)26(14-24-21)11-15-10-25-27(12-15)18-4-2-1-3-5-18/h1-10,12-14H,11H2. The molecule has 0 bridgehead atoms. The maximum atomic E-state index is 13.3. The van der Waals surface area contributed by atoms with Gasteiger partial charge < -0.3 is 0 Å². The Bertz CT molecular complexity index is 1350. The Morgan fingerprint density at radius 2 is 1.83 bits per heavy atom. The lowest BCUT2D eigenvalue weighted by Crippen LogP contribution is -2.20. The number of aromatic nitrogens is 4. The lowest BCUT2D eigenvalue weighted by Gasteiger charge is -2.05. The average molecular weight is 402 g/mol. The fourth-order valence-corrected chi connectivity index (χ4v) is 4.19. The van der Waals surface area contributed by atoms with Crippen LogP contribution in [0.4, 0.5) is 4.39 Å². The van der Waals surface area contributed by atoms with Crippen molar-refractivity contribution in [3.05, 3.63) is 100 Å². The van der Waals surface area contributed by atoms with Gasteiger partial charge >= 0.3 is 0 Å². The van der Waals surface area contributed by atoms with Gasteiger partial charge in [0.05, 0.1) is 30.1 Å². The molecule has 0 fully saturated rings. The number of nitrogens with zero attached hydrogens (tertiary/aromatic N) is 4. The molecule has 5 rings (SSSR count). The molecule has 29 heavy (non-hydrogen) atoms. The molecule has 0 saturated heterocycles. The van der Waals surface area contributed by atoms with Gasteiger partial charge in [0.1, 0.15) is 10.6 Å². The van der Waals surface area contributed by atoms with Gasteiger partial charge in [0, 0.05) is 22.7 Å². The molecule has 0 aliphatic heterocycles. The highest BCUT2D eigenvalue weighted by Gasteiger charge is 2.14. The summed E-state index contributed by atoms with van der Waals surface area (Å²) in [6.07, 6.45) is 5.22. The Morgan fingerprint density at radius 1 is 1.03 bits per heavy atom. The molecule has 0 atom stereocenters. The molecule has 0 amide bonds. The molecule has 0 aliphatic rings. The number of halogens is 1. The summed E-state index contributed by atoms with van der Waals surface area (Å²) in [5, 5.41) is 6.83. The zero-order chi connectivity index (χ0) is 19.8. The third-order valence-electron chi connectivity index (χ3n) is 4.73. The third kappa shape index (κ3) is 3.25. The van der Waals surface area contributed by atoms with Crippen LogP contribution in [0.25, 0.3) is 27.0 Å². The number of hydrogen-bond acceptors (Lipinski definition) is 4. The molecule has 3 aromatic heterocycles. The monoisotopic (exact) mass is 402 g/mol. The average Bonchev–Trinajstić information content (AvgIpc) is 3.39. The molecule has 0 N–H and O–H groups in total. The Kier molecular flexibility index (Phi) is 4.29. The molecule has 0 radical (unpaired) electrons. The summed E-state index contributed by atoms with van der Waals surface area (Å²) in [5.74, 6) is -0.306. The quantitative estimate of drug-likeness (QED) is 0.445. The van der Waals surface area contributed by atoms with E-state index < -0.39 is 0 Å². The fourth-order valence-electron chi connectivity index (χ4n) is 3.28. The smallest absolute Gasteiger partial charge is 0.263 e. The first kappa shape index (κ1) is 17.5. The van der Waals surface area contributed by atoms with E-state index in [-0.39, 0.29) is 11.4 Å².